The number of para-hydroxylation sites is 3. The maximum absolute atomic E-state index is 6.69. The van der Waals surface area contributed by atoms with Gasteiger partial charge < -0.3 is 8.98 Å². The van der Waals surface area contributed by atoms with Crippen LogP contribution in [0.1, 0.15) is 0 Å². The molecular formula is C52H30N4OS. The Kier molecular flexibility index (Phi) is 6.54. The summed E-state index contributed by atoms with van der Waals surface area (Å²) in [5.41, 5.74) is 12.6. The molecule has 0 saturated carbocycles. The SMILES string of the molecule is c1ccc(-n2c3ccccc3c3cc(-c4ccc5c(c4)c4ccccc4n5-c4ncnc5c4oc4ccc(-c6cccc7c6sc6ccccc67)cc45)ccc32)cc1. The number of thiophene rings is 1. The molecule has 0 atom stereocenters. The van der Waals surface area contributed by atoms with Crippen LogP contribution in [0.4, 0.5) is 0 Å². The zero-order chi connectivity index (χ0) is 37.9. The highest BCUT2D eigenvalue weighted by Gasteiger charge is 2.21. The van der Waals surface area contributed by atoms with Gasteiger partial charge in [0.2, 0.25) is 0 Å². The van der Waals surface area contributed by atoms with Gasteiger partial charge in [0.05, 0.1) is 22.1 Å². The van der Waals surface area contributed by atoms with E-state index in [1.165, 1.54) is 53.1 Å². The lowest BCUT2D eigenvalue weighted by molar-refractivity contribution is 0.662. The van der Waals surface area contributed by atoms with Gasteiger partial charge in [-0.3, -0.25) is 4.57 Å². The molecule has 5 aromatic heterocycles. The molecule has 0 aliphatic carbocycles. The molecule has 0 unspecified atom stereocenters. The number of rotatable bonds is 4. The van der Waals surface area contributed by atoms with Crippen molar-refractivity contribution >= 4 is 97.2 Å². The average molecular weight is 759 g/mol. The number of nitrogens with zero attached hydrogens (tertiary/aromatic N) is 4. The van der Waals surface area contributed by atoms with Gasteiger partial charge in [-0.2, -0.15) is 0 Å². The first-order chi connectivity index (χ1) is 28.8. The minimum Gasteiger partial charge on any atom is -0.450 e. The summed E-state index contributed by atoms with van der Waals surface area (Å²) in [5.74, 6) is 0.725. The van der Waals surface area contributed by atoms with Crippen LogP contribution in [0, 0.1) is 0 Å². The first kappa shape index (κ1) is 31.6. The summed E-state index contributed by atoms with van der Waals surface area (Å²) in [7, 11) is 0. The fourth-order valence-corrected chi connectivity index (χ4v) is 10.5. The summed E-state index contributed by atoms with van der Waals surface area (Å²) < 4.78 is 13.9. The van der Waals surface area contributed by atoms with Crippen LogP contribution in [0.5, 0.6) is 0 Å². The normalized spacial score (nSPS) is 12.1. The maximum Gasteiger partial charge on any atom is 0.197 e. The van der Waals surface area contributed by atoms with Crippen LogP contribution in [0.25, 0.3) is 120 Å². The predicted octanol–water partition coefficient (Wildman–Crippen LogP) is 14.3. The standard InChI is InChI=1S/C52H30N4OS/c1-2-11-34(12-3-1)55-43-18-7-4-13-36(43)40-27-31(21-24-45(40)55)32-22-25-46-41(28-32)37-14-5-8-19-44(37)56(46)52-50-49(53-30-54-52)42-29-33(23-26-47(42)57-50)35-16-10-17-39-38-15-6-9-20-48(38)58-51(35)39/h1-30H. The van der Waals surface area contributed by atoms with Crippen molar-refractivity contribution in [3.63, 3.8) is 0 Å². The van der Waals surface area contributed by atoms with E-state index in [1.807, 2.05) is 11.3 Å². The molecule has 58 heavy (non-hydrogen) atoms. The Morgan fingerprint density at radius 2 is 1.03 bits per heavy atom. The smallest absolute Gasteiger partial charge is 0.197 e. The van der Waals surface area contributed by atoms with E-state index in [0.29, 0.717) is 5.58 Å². The number of benzene rings is 8. The van der Waals surface area contributed by atoms with E-state index in [1.54, 1.807) is 6.33 Å². The van der Waals surface area contributed by atoms with E-state index < -0.39 is 0 Å². The summed E-state index contributed by atoms with van der Waals surface area (Å²) in [6.45, 7) is 0. The fraction of sp³-hybridized carbons (Fsp3) is 0. The second kappa shape index (κ2) is 12.0. The summed E-state index contributed by atoms with van der Waals surface area (Å²) in [4.78, 5) is 9.75. The molecule has 0 bridgehead atoms. The Morgan fingerprint density at radius 1 is 0.431 bits per heavy atom. The van der Waals surface area contributed by atoms with Gasteiger partial charge in [0.15, 0.2) is 11.4 Å². The van der Waals surface area contributed by atoms with Crippen molar-refractivity contribution in [2.45, 2.75) is 0 Å². The lowest BCUT2D eigenvalue weighted by Gasteiger charge is -2.09. The summed E-state index contributed by atoms with van der Waals surface area (Å²) in [6.07, 6.45) is 1.67. The van der Waals surface area contributed by atoms with E-state index in [0.717, 1.165) is 60.9 Å². The number of furan rings is 1. The molecule has 5 nitrogen and oxygen atoms in total. The summed E-state index contributed by atoms with van der Waals surface area (Å²) >= 11 is 1.84. The van der Waals surface area contributed by atoms with E-state index >= 15 is 0 Å². The molecule has 0 fully saturated rings. The third-order valence-corrected chi connectivity index (χ3v) is 13.1. The van der Waals surface area contributed by atoms with Crippen molar-refractivity contribution in [1.29, 1.82) is 0 Å². The van der Waals surface area contributed by atoms with Crippen molar-refractivity contribution in [3.05, 3.63) is 182 Å². The lowest BCUT2D eigenvalue weighted by atomic mass is 10.0. The van der Waals surface area contributed by atoms with E-state index in [-0.39, 0.29) is 0 Å². The molecule has 6 heteroatoms. The predicted molar refractivity (Wildman–Crippen MR) is 242 cm³/mol. The zero-order valence-corrected chi connectivity index (χ0v) is 31.7. The summed E-state index contributed by atoms with van der Waals surface area (Å²) in [5, 5.41) is 8.33. The van der Waals surface area contributed by atoms with Crippen LogP contribution in [-0.4, -0.2) is 19.1 Å². The molecule has 8 aromatic carbocycles. The first-order valence-electron chi connectivity index (χ1n) is 19.5. The van der Waals surface area contributed by atoms with E-state index in [4.69, 9.17) is 14.4 Å². The highest BCUT2D eigenvalue weighted by atomic mass is 32.1. The molecule has 0 N–H and O–H groups in total. The maximum atomic E-state index is 6.69. The number of hydrogen-bond acceptors (Lipinski definition) is 4. The van der Waals surface area contributed by atoms with Crippen LogP contribution in [0.15, 0.2) is 187 Å². The Balaban J connectivity index is 0.971. The molecule has 0 aliphatic rings. The zero-order valence-electron chi connectivity index (χ0n) is 30.9. The quantitative estimate of drug-likeness (QED) is 0.180. The van der Waals surface area contributed by atoms with Crippen molar-refractivity contribution in [2.24, 2.45) is 0 Å². The second-order valence-corrected chi connectivity index (χ2v) is 16.0. The van der Waals surface area contributed by atoms with Gasteiger partial charge in [-0.1, -0.05) is 109 Å². The van der Waals surface area contributed by atoms with Gasteiger partial charge in [0, 0.05) is 52.8 Å². The molecule has 0 radical (unpaired) electrons. The Hall–Kier alpha value is -7.54. The fourth-order valence-electron chi connectivity index (χ4n) is 9.25. The van der Waals surface area contributed by atoms with Crippen LogP contribution < -0.4 is 0 Å². The number of hydrogen-bond donors (Lipinski definition) is 0. The molecule has 0 spiro atoms. The van der Waals surface area contributed by atoms with Crippen LogP contribution in [0.2, 0.25) is 0 Å². The van der Waals surface area contributed by atoms with Gasteiger partial charge in [-0.25, -0.2) is 9.97 Å². The van der Waals surface area contributed by atoms with Gasteiger partial charge >= 0.3 is 0 Å². The molecule has 5 heterocycles. The largest absolute Gasteiger partial charge is 0.450 e. The highest BCUT2D eigenvalue weighted by molar-refractivity contribution is 7.26. The highest BCUT2D eigenvalue weighted by Crippen LogP contribution is 2.43. The molecular weight excluding hydrogens is 729 g/mol. The number of aromatic nitrogens is 4. The topological polar surface area (TPSA) is 48.8 Å². The minimum absolute atomic E-state index is 0.668. The third kappa shape index (κ3) is 4.46. The molecule has 13 rings (SSSR count). The van der Waals surface area contributed by atoms with Crippen molar-refractivity contribution < 1.29 is 4.42 Å². The number of fused-ring (bicyclic) bond motifs is 12. The third-order valence-electron chi connectivity index (χ3n) is 11.9. The van der Waals surface area contributed by atoms with Gasteiger partial charge in [0.25, 0.3) is 0 Å². The van der Waals surface area contributed by atoms with Crippen molar-refractivity contribution in [2.75, 3.05) is 0 Å². The molecule has 13 aromatic rings. The van der Waals surface area contributed by atoms with Gasteiger partial charge in [0.1, 0.15) is 17.4 Å². The van der Waals surface area contributed by atoms with Crippen molar-refractivity contribution in [3.8, 4) is 33.8 Å². The van der Waals surface area contributed by atoms with Gasteiger partial charge in [-0.15, -0.1) is 11.3 Å². The molecule has 0 amide bonds. The van der Waals surface area contributed by atoms with Crippen LogP contribution in [-0.2, 0) is 0 Å². The van der Waals surface area contributed by atoms with Crippen LogP contribution >= 0.6 is 11.3 Å². The molecule has 270 valence electrons. The van der Waals surface area contributed by atoms with Gasteiger partial charge in [-0.05, 0) is 89.0 Å². The lowest BCUT2D eigenvalue weighted by Crippen LogP contribution is -1.98. The Morgan fingerprint density at radius 3 is 1.81 bits per heavy atom. The Bertz CT molecular complexity index is 3810. The average Bonchev–Trinajstić information content (AvgIpc) is 4.04. The molecule has 0 saturated heterocycles. The monoisotopic (exact) mass is 758 g/mol. The minimum atomic E-state index is 0.668. The second-order valence-electron chi connectivity index (χ2n) is 15.0. The molecule has 0 aliphatic heterocycles. The van der Waals surface area contributed by atoms with Crippen LogP contribution in [0.3, 0.4) is 0 Å². The summed E-state index contributed by atoms with van der Waals surface area (Å²) in [6, 6.07) is 63.2. The Labute approximate surface area is 335 Å². The van der Waals surface area contributed by atoms with E-state index in [2.05, 4.69) is 185 Å². The first-order valence-corrected chi connectivity index (χ1v) is 20.3. The van der Waals surface area contributed by atoms with E-state index in [9.17, 15) is 0 Å². The van der Waals surface area contributed by atoms with Crippen molar-refractivity contribution in [1.82, 2.24) is 19.1 Å².